The van der Waals surface area contributed by atoms with E-state index in [2.05, 4.69) is 17.2 Å². The van der Waals surface area contributed by atoms with Gasteiger partial charge in [0.1, 0.15) is 0 Å². The van der Waals surface area contributed by atoms with Crippen molar-refractivity contribution in [3.8, 4) is 5.75 Å². The Morgan fingerprint density at radius 1 is 1.50 bits per heavy atom. The number of hydrogen-bond acceptors (Lipinski definition) is 4. The lowest BCUT2D eigenvalue weighted by molar-refractivity contribution is 0.243. The highest BCUT2D eigenvalue weighted by molar-refractivity contribution is 5.49. The van der Waals surface area contributed by atoms with E-state index in [4.69, 9.17) is 10.5 Å². The summed E-state index contributed by atoms with van der Waals surface area (Å²) < 4.78 is 5.65. The van der Waals surface area contributed by atoms with Gasteiger partial charge in [0.25, 0.3) is 0 Å². The summed E-state index contributed by atoms with van der Waals surface area (Å²) in [4.78, 5) is 4.25. The first-order valence-electron chi connectivity index (χ1n) is 5.74. The van der Waals surface area contributed by atoms with Crippen LogP contribution in [0, 0.1) is 0 Å². The molecule has 1 aromatic heterocycles. The first-order chi connectivity index (χ1) is 7.63. The van der Waals surface area contributed by atoms with Gasteiger partial charge in [0.2, 0.25) is 0 Å². The van der Waals surface area contributed by atoms with Crippen LogP contribution in [0.4, 0.5) is 5.82 Å². The lowest BCUT2D eigenvalue weighted by Crippen LogP contribution is -2.28. The topological polar surface area (TPSA) is 60.2 Å². The van der Waals surface area contributed by atoms with E-state index in [1.807, 2.05) is 26.0 Å². The van der Waals surface area contributed by atoms with E-state index in [9.17, 15) is 0 Å². The molecule has 0 saturated carbocycles. The van der Waals surface area contributed by atoms with E-state index in [0.717, 1.165) is 18.0 Å². The molecule has 1 rings (SSSR count). The van der Waals surface area contributed by atoms with Crippen molar-refractivity contribution >= 4 is 5.82 Å². The van der Waals surface area contributed by atoms with Crippen LogP contribution in [0.15, 0.2) is 18.3 Å². The fourth-order valence-corrected chi connectivity index (χ4v) is 1.24. The average Bonchev–Trinajstić information content (AvgIpc) is 2.26. The van der Waals surface area contributed by atoms with Gasteiger partial charge in [-0.3, -0.25) is 0 Å². The van der Waals surface area contributed by atoms with Crippen LogP contribution in [-0.2, 0) is 0 Å². The molecule has 0 saturated heterocycles. The van der Waals surface area contributed by atoms with Crippen molar-refractivity contribution in [1.82, 2.24) is 4.98 Å². The Morgan fingerprint density at radius 2 is 2.25 bits per heavy atom. The molecule has 4 nitrogen and oxygen atoms in total. The molecule has 1 atom stereocenters. The number of rotatable bonds is 6. The van der Waals surface area contributed by atoms with Crippen LogP contribution in [-0.4, -0.2) is 23.7 Å². The van der Waals surface area contributed by atoms with Crippen molar-refractivity contribution in [2.75, 3.05) is 11.9 Å². The third-order valence-electron chi connectivity index (χ3n) is 2.19. The number of nitrogens with zero attached hydrogens (tertiary/aromatic N) is 1. The summed E-state index contributed by atoms with van der Waals surface area (Å²) in [6.07, 6.45) is 2.83. The zero-order chi connectivity index (χ0) is 12.0. The molecule has 0 aliphatic carbocycles. The summed E-state index contributed by atoms with van der Waals surface area (Å²) in [5.41, 5.74) is 5.84. The molecule has 0 spiro atoms. The molecule has 0 bridgehead atoms. The normalized spacial score (nSPS) is 12.6. The molecule has 1 aromatic rings. The summed E-state index contributed by atoms with van der Waals surface area (Å²) in [6.45, 7) is 6.77. The van der Waals surface area contributed by atoms with E-state index in [1.54, 1.807) is 6.20 Å². The van der Waals surface area contributed by atoms with Crippen LogP contribution < -0.4 is 15.8 Å². The summed E-state index contributed by atoms with van der Waals surface area (Å²) in [5.74, 6) is 1.54. The molecule has 0 aliphatic heterocycles. The number of nitrogens with one attached hydrogen (secondary N) is 1. The second-order valence-electron chi connectivity index (χ2n) is 4.07. The lowest BCUT2D eigenvalue weighted by Gasteiger charge is -2.16. The van der Waals surface area contributed by atoms with Gasteiger partial charge in [-0.15, -0.1) is 0 Å². The monoisotopic (exact) mass is 223 g/mol. The molecular weight excluding hydrogens is 202 g/mol. The van der Waals surface area contributed by atoms with E-state index in [0.29, 0.717) is 6.54 Å². The van der Waals surface area contributed by atoms with Crippen LogP contribution in [0.25, 0.3) is 0 Å². The number of pyridine rings is 1. The zero-order valence-corrected chi connectivity index (χ0v) is 10.2. The largest absolute Gasteiger partial charge is 0.487 e. The van der Waals surface area contributed by atoms with Crippen LogP contribution in [0.1, 0.15) is 27.2 Å². The van der Waals surface area contributed by atoms with Gasteiger partial charge in [0.05, 0.1) is 6.10 Å². The van der Waals surface area contributed by atoms with Gasteiger partial charge < -0.3 is 15.8 Å². The van der Waals surface area contributed by atoms with Crippen LogP contribution in [0.5, 0.6) is 5.75 Å². The Balaban J connectivity index is 2.63. The maximum atomic E-state index is 5.84. The van der Waals surface area contributed by atoms with Crippen molar-refractivity contribution < 1.29 is 4.74 Å². The van der Waals surface area contributed by atoms with Crippen molar-refractivity contribution in [2.24, 2.45) is 5.73 Å². The van der Waals surface area contributed by atoms with Gasteiger partial charge in [-0.25, -0.2) is 4.98 Å². The van der Waals surface area contributed by atoms with E-state index < -0.39 is 0 Å². The molecule has 16 heavy (non-hydrogen) atoms. The predicted octanol–water partition coefficient (Wildman–Crippen LogP) is 2.02. The number of aromatic nitrogens is 1. The first-order valence-corrected chi connectivity index (χ1v) is 5.74. The molecule has 0 amide bonds. The summed E-state index contributed by atoms with van der Waals surface area (Å²) in [6, 6.07) is 3.92. The van der Waals surface area contributed by atoms with Crippen LogP contribution >= 0.6 is 0 Å². The van der Waals surface area contributed by atoms with Crippen LogP contribution in [0.3, 0.4) is 0 Å². The number of anilines is 1. The second kappa shape index (κ2) is 6.33. The van der Waals surface area contributed by atoms with E-state index in [-0.39, 0.29) is 12.1 Å². The summed E-state index contributed by atoms with van der Waals surface area (Å²) in [7, 11) is 0. The van der Waals surface area contributed by atoms with E-state index in [1.165, 1.54) is 0 Å². The molecule has 0 aromatic carbocycles. The summed E-state index contributed by atoms with van der Waals surface area (Å²) in [5, 5.41) is 3.21. The lowest BCUT2D eigenvalue weighted by atomic mass is 10.2. The fourth-order valence-electron chi connectivity index (χ4n) is 1.24. The minimum Gasteiger partial charge on any atom is -0.487 e. The van der Waals surface area contributed by atoms with Gasteiger partial charge in [0, 0.05) is 18.8 Å². The molecule has 0 aliphatic rings. The Bertz CT molecular complexity index is 315. The standard InChI is InChI=1S/C12H21N3O/c1-4-10(13)8-15-12-11(16-9(2)3)6-5-7-14-12/h5-7,9-10H,4,8,13H2,1-3H3,(H,14,15). The fraction of sp³-hybridized carbons (Fsp3) is 0.583. The third-order valence-corrected chi connectivity index (χ3v) is 2.19. The van der Waals surface area contributed by atoms with Crippen molar-refractivity contribution in [3.05, 3.63) is 18.3 Å². The highest BCUT2D eigenvalue weighted by Gasteiger charge is 2.07. The number of ether oxygens (including phenoxy) is 1. The molecule has 90 valence electrons. The van der Waals surface area contributed by atoms with E-state index >= 15 is 0 Å². The van der Waals surface area contributed by atoms with Gasteiger partial charge in [-0.05, 0) is 32.4 Å². The quantitative estimate of drug-likeness (QED) is 0.774. The number of nitrogens with two attached hydrogens (primary N) is 1. The average molecular weight is 223 g/mol. The Kier molecular flexibility index (Phi) is 5.05. The molecule has 0 fully saturated rings. The van der Waals surface area contributed by atoms with Crippen molar-refractivity contribution in [2.45, 2.75) is 39.3 Å². The van der Waals surface area contributed by atoms with Crippen molar-refractivity contribution in [1.29, 1.82) is 0 Å². The van der Waals surface area contributed by atoms with Gasteiger partial charge in [-0.1, -0.05) is 6.92 Å². The first kappa shape index (κ1) is 12.8. The SMILES string of the molecule is CCC(N)CNc1ncccc1OC(C)C. The molecule has 1 unspecified atom stereocenters. The predicted molar refractivity (Wildman–Crippen MR) is 66.8 cm³/mol. The Labute approximate surface area is 97.2 Å². The molecule has 0 radical (unpaired) electrons. The second-order valence-corrected chi connectivity index (χ2v) is 4.07. The van der Waals surface area contributed by atoms with Gasteiger partial charge in [0.15, 0.2) is 11.6 Å². The number of hydrogen-bond donors (Lipinski definition) is 2. The highest BCUT2D eigenvalue weighted by atomic mass is 16.5. The minimum atomic E-state index is 0.143. The molecule has 3 N–H and O–H groups in total. The molecule has 4 heteroatoms. The highest BCUT2D eigenvalue weighted by Crippen LogP contribution is 2.21. The maximum Gasteiger partial charge on any atom is 0.168 e. The zero-order valence-electron chi connectivity index (χ0n) is 10.2. The minimum absolute atomic E-state index is 0.143. The van der Waals surface area contributed by atoms with Crippen molar-refractivity contribution in [3.63, 3.8) is 0 Å². The van der Waals surface area contributed by atoms with Gasteiger partial charge in [-0.2, -0.15) is 0 Å². The van der Waals surface area contributed by atoms with Crippen LogP contribution in [0.2, 0.25) is 0 Å². The summed E-state index contributed by atoms with van der Waals surface area (Å²) >= 11 is 0. The Hall–Kier alpha value is -1.29. The molecule has 1 heterocycles. The third kappa shape index (κ3) is 4.06. The Morgan fingerprint density at radius 3 is 2.88 bits per heavy atom. The molecular formula is C12H21N3O. The maximum absolute atomic E-state index is 5.84. The smallest absolute Gasteiger partial charge is 0.168 e. The van der Waals surface area contributed by atoms with Gasteiger partial charge >= 0.3 is 0 Å².